The van der Waals surface area contributed by atoms with Crippen LogP contribution in [0, 0.1) is 0 Å². The normalized spacial score (nSPS) is 18.6. The van der Waals surface area contributed by atoms with Gasteiger partial charge in [-0.15, -0.1) is 0 Å². The number of halogens is 1. The second-order valence-corrected chi connectivity index (χ2v) is 4.20. The number of aromatic nitrogens is 1. The van der Waals surface area contributed by atoms with Crippen LogP contribution in [0.5, 0.6) is 5.75 Å². The lowest BCUT2D eigenvalue weighted by Gasteiger charge is -2.25. The van der Waals surface area contributed by atoms with Gasteiger partial charge in [0.15, 0.2) is 17.7 Å². The van der Waals surface area contributed by atoms with Gasteiger partial charge in [-0.25, -0.2) is 4.98 Å². The first-order valence-electron chi connectivity index (χ1n) is 5.05. The quantitative estimate of drug-likeness (QED) is 0.818. The topological polar surface area (TPSA) is 63.2 Å². The highest BCUT2D eigenvalue weighted by Gasteiger charge is 2.27. The smallest absolute Gasteiger partial charge is 0.268 e. The van der Waals surface area contributed by atoms with Crippen LogP contribution >= 0.6 is 15.9 Å². The second-order valence-electron chi connectivity index (χ2n) is 3.38. The van der Waals surface area contributed by atoms with Gasteiger partial charge in [0.1, 0.15) is 4.60 Å². The summed E-state index contributed by atoms with van der Waals surface area (Å²) in [6.45, 7) is 3.28. The summed E-state index contributed by atoms with van der Waals surface area (Å²) in [4.78, 5) is 15.8. The Kier molecular flexibility index (Phi) is 3.40. The summed E-state index contributed by atoms with van der Waals surface area (Å²) in [7, 11) is 0. The fourth-order valence-corrected chi connectivity index (χ4v) is 1.73. The molecule has 2 heterocycles. The maximum absolute atomic E-state index is 11.6. The largest absolute Gasteiger partial charge is 0.475 e. The maximum atomic E-state index is 11.6. The number of nitrogens with one attached hydrogen (secondary N) is 2. The van der Waals surface area contributed by atoms with Crippen molar-refractivity contribution in [1.29, 1.82) is 0 Å². The van der Waals surface area contributed by atoms with E-state index in [4.69, 9.17) is 4.74 Å². The lowest BCUT2D eigenvalue weighted by atomic mass is 10.2. The molecule has 1 unspecified atom stereocenters. The van der Waals surface area contributed by atoms with Crippen molar-refractivity contribution in [2.75, 3.05) is 18.4 Å². The molecule has 2 N–H and O–H groups in total. The summed E-state index contributed by atoms with van der Waals surface area (Å²) in [6.07, 6.45) is -0.490. The summed E-state index contributed by atoms with van der Waals surface area (Å²) in [5.74, 6) is 0.900. The van der Waals surface area contributed by atoms with E-state index in [1.54, 1.807) is 12.1 Å². The van der Waals surface area contributed by atoms with Gasteiger partial charge in [0.05, 0.1) is 0 Å². The number of ether oxygens (including phenoxy) is 1. The number of pyridine rings is 1. The fourth-order valence-electron chi connectivity index (χ4n) is 1.42. The molecule has 0 saturated heterocycles. The van der Waals surface area contributed by atoms with Crippen molar-refractivity contribution in [3.8, 4) is 5.75 Å². The fraction of sp³-hybridized carbons (Fsp3) is 0.400. The minimum absolute atomic E-state index is 0.168. The van der Waals surface area contributed by atoms with E-state index in [0.717, 1.165) is 6.54 Å². The molecule has 0 aliphatic carbocycles. The zero-order valence-electron chi connectivity index (χ0n) is 8.79. The summed E-state index contributed by atoms with van der Waals surface area (Å²) < 4.78 is 6.21. The molecule has 0 saturated carbocycles. The second kappa shape index (κ2) is 4.80. The van der Waals surface area contributed by atoms with Crippen molar-refractivity contribution in [3.05, 3.63) is 16.7 Å². The Balaban J connectivity index is 2.15. The molecule has 0 fully saturated rings. The monoisotopic (exact) mass is 285 g/mol. The van der Waals surface area contributed by atoms with Gasteiger partial charge in [0, 0.05) is 6.54 Å². The average Bonchev–Trinajstić information content (AvgIpc) is 2.26. The Labute approximate surface area is 102 Å². The van der Waals surface area contributed by atoms with Gasteiger partial charge < -0.3 is 15.4 Å². The Morgan fingerprint density at radius 2 is 2.44 bits per heavy atom. The number of amides is 1. The van der Waals surface area contributed by atoms with Gasteiger partial charge in [-0.3, -0.25) is 4.79 Å². The molecule has 0 radical (unpaired) electrons. The lowest BCUT2D eigenvalue weighted by molar-refractivity contribution is -0.123. The Hall–Kier alpha value is -1.14. The SMILES string of the molecule is CCNCC1Oc2ccc(Br)nc2NC1=O. The standard InChI is InChI=1S/C10H12BrN3O2/c1-2-12-5-7-10(15)14-9-6(16-7)3-4-8(11)13-9/h3-4,7,12H,2,5H2,1H3,(H,13,14,15). The van der Waals surface area contributed by atoms with Gasteiger partial charge in [0.25, 0.3) is 5.91 Å². The van der Waals surface area contributed by atoms with Gasteiger partial charge in [0.2, 0.25) is 0 Å². The molecule has 6 heteroatoms. The molecule has 1 atom stereocenters. The zero-order valence-corrected chi connectivity index (χ0v) is 10.4. The molecule has 1 amide bonds. The van der Waals surface area contributed by atoms with Crippen molar-refractivity contribution in [1.82, 2.24) is 10.3 Å². The molecule has 2 rings (SSSR count). The van der Waals surface area contributed by atoms with Crippen LogP contribution in [-0.2, 0) is 4.79 Å². The Morgan fingerprint density at radius 3 is 3.19 bits per heavy atom. The number of nitrogens with zero attached hydrogens (tertiary/aromatic N) is 1. The minimum atomic E-state index is -0.490. The van der Waals surface area contributed by atoms with Crippen molar-refractivity contribution in [2.45, 2.75) is 13.0 Å². The number of fused-ring (bicyclic) bond motifs is 1. The third-order valence-electron chi connectivity index (χ3n) is 2.21. The molecule has 1 aromatic heterocycles. The highest BCUT2D eigenvalue weighted by Crippen LogP contribution is 2.28. The van der Waals surface area contributed by atoms with Gasteiger partial charge in [-0.1, -0.05) is 6.92 Å². The van der Waals surface area contributed by atoms with Crippen LogP contribution < -0.4 is 15.4 Å². The summed E-state index contributed by atoms with van der Waals surface area (Å²) in [6, 6.07) is 3.56. The van der Waals surface area contributed by atoms with Crippen LogP contribution in [0.1, 0.15) is 6.92 Å². The third kappa shape index (κ3) is 2.33. The summed E-state index contributed by atoms with van der Waals surface area (Å²) >= 11 is 3.24. The molecular weight excluding hydrogens is 274 g/mol. The van der Waals surface area contributed by atoms with Gasteiger partial charge in [-0.2, -0.15) is 0 Å². The molecule has 5 nitrogen and oxygen atoms in total. The number of carbonyl (C=O) groups excluding carboxylic acids is 1. The van der Waals surface area contributed by atoms with E-state index < -0.39 is 6.10 Å². The number of hydrogen-bond acceptors (Lipinski definition) is 4. The van der Waals surface area contributed by atoms with Crippen LogP contribution in [0.25, 0.3) is 0 Å². The van der Waals surface area contributed by atoms with E-state index in [0.29, 0.717) is 22.7 Å². The van der Waals surface area contributed by atoms with Crippen molar-refractivity contribution < 1.29 is 9.53 Å². The third-order valence-corrected chi connectivity index (χ3v) is 2.65. The molecule has 1 aliphatic heterocycles. The van der Waals surface area contributed by atoms with Gasteiger partial charge in [-0.05, 0) is 34.6 Å². The average molecular weight is 286 g/mol. The molecular formula is C10H12BrN3O2. The van der Waals surface area contributed by atoms with E-state index in [-0.39, 0.29) is 5.91 Å². The van der Waals surface area contributed by atoms with E-state index in [9.17, 15) is 4.79 Å². The minimum Gasteiger partial charge on any atom is -0.475 e. The molecule has 16 heavy (non-hydrogen) atoms. The number of likely N-dealkylation sites (N-methyl/N-ethyl adjacent to an activating group) is 1. The first-order chi connectivity index (χ1) is 7.70. The van der Waals surface area contributed by atoms with E-state index in [2.05, 4.69) is 31.5 Å². The van der Waals surface area contributed by atoms with Crippen molar-refractivity contribution >= 4 is 27.7 Å². The number of rotatable bonds is 3. The van der Waals surface area contributed by atoms with Crippen LogP contribution in [-0.4, -0.2) is 30.1 Å². The number of carbonyl (C=O) groups is 1. The highest BCUT2D eigenvalue weighted by atomic mass is 79.9. The van der Waals surface area contributed by atoms with Crippen LogP contribution in [0.2, 0.25) is 0 Å². The van der Waals surface area contributed by atoms with Crippen LogP contribution in [0.15, 0.2) is 16.7 Å². The van der Waals surface area contributed by atoms with Gasteiger partial charge >= 0.3 is 0 Å². The molecule has 0 aromatic carbocycles. The van der Waals surface area contributed by atoms with Crippen molar-refractivity contribution in [2.24, 2.45) is 0 Å². The number of anilines is 1. The first-order valence-corrected chi connectivity index (χ1v) is 5.84. The first kappa shape index (κ1) is 11.3. The lowest BCUT2D eigenvalue weighted by Crippen LogP contribution is -2.44. The molecule has 86 valence electrons. The summed E-state index contributed by atoms with van der Waals surface area (Å²) in [5, 5.41) is 5.79. The van der Waals surface area contributed by atoms with E-state index >= 15 is 0 Å². The maximum Gasteiger partial charge on any atom is 0.268 e. The molecule has 0 bridgehead atoms. The Bertz CT molecular complexity index is 411. The molecule has 1 aromatic rings. The molecule has 1 aliphatic rings. The van der Waals surface area contributed by atoms with Crippen LogP contribution in [0.4, 0.5) is 5.82 Å². The molecule has 0 spiro atoms. The van der Waals surface area contributed by atoms with Crippen LogP contribution in [0.3, 0.4) is 0 Å². The summed E-state index contributed by atoms with van der Waals surface area (Å²) in [5.41, 5.74) is 0. The van der Waals surface area contributed by atoms with Crippen molar-refractivity contribution in [3.63, 3.8) is 0 Å². The van der Waals surface area contributed by atoms with E-state index in [1.807, 2.05) is 6.92 Å². The highest BCUT2D eigenvalue weighted by molar-refractivity contribution is 9.10. The van der Waals surface area contributed by atoms with E-state index in [1.165, 1.54) is 0 Å². The number of hydrogen-bond donors (Lipinski definition) is 2. The zero-order chi connectivity index (χ0) is 11.5. The predicted molar refractivity (Wildman–Crippen MR) is 63.5 cm³/mol. The Morgan fingerprint density at radius 1 is 1.62 bits per heavy atom. The predicted octanol–water partition coefficient (Wildman–Crippen LogP) is 1.15.